The quantitative estimate of drug-likeness (QED) is 0.562. The number of thiazole rings is 1. The van der Waals surface area contributed by atoms with Crippen molar-refractivity contribution in [2.24, 2.45) is 5.10 Å². The minimum Gasteiger partial charge on any atom is -0.253 e. The van der Waals surface area contributed by atoms with Crippen molar-refractivity contribution >= 4 is 44.5 Å². The molecule has 0 fully saturated rings. The summed E-state index contributed by atoms with van der Waals surface area (Å²) in [5, 5.41) is 5.71. The number of aryl methyl sites for hydroxylation is 1. The van der Waals surface area contributed by atoms with E-state index in [1.807, 2.05) is 36.4 Å². The molecule has 0 saturated heterocycles. The molecule has 0 atom stereocenters. The number of hydrazone groups is 1. The predicted molar refractivity (Wildman–Crippen MR) is 87.0 cm³/mol. The molecule has 1 heterocycles. The summed E-state index contributed by atoms with van der Waals surface area (Å²) >= 11 is 7.44. The zero-order valence-corrected chi connectivity index (χ0v) is 12.4. The lowest BCUT2D eigenvalue weighted by atomic mass is 10.2. The number of benzene rings is 2. The van der Waals surface area contributed by atoms with E-state index in [-0.39, 0.29) is 0 Å². The Hall–Kier alpha value is -1.91. The summed E-state index contributed by atoms with van der Waals surface area (Å²) in [6.07, 6.45) is 1.75. The molecule has 5 heteroatoms. The Bertz CT molecular complexity index is 762. The average Bonchev–Trinajstić information content (AvgIpc) is 2.85. The van der Waals surface area contributed by atoms with Crippen LogP contribution in [0, 0.1) is 6.92 Å². The largest absolute Gasteiger partial charge is 0.253 e. The summed E-state index contributed by atoms with van der Waals surface area (Å²) in [7, 11) is 0. The van der Waals surface area contributed by atoms with Gasteiger partial charge in [0.15, 0.2) is 0 Å². The second kappa shape index (κ2) is 5.61. The van der Waals surface area contributed by atoms with Crippen LogP contribution in [0.4, 0.5) is 5.13 Å². The first-order chi connectivity index (χ1) is 9.72. The van der Waals surface area contributed by atoms with Gasteiger partial charge in [-0.2, -0.15) is 5.10 Å². The van der Waals surface area contributed by atoms with E-state index >= 15 is 0 Å². The molecule has 0 bridgehead atoms. The van der Waals surface area contributed by atoms with E-state index < -0.39 is 0 Å². The Labute approximate surface area is 125 Å². The lowest BCUT2D eigenvalue weighted by Crippen LogP contribution is -1.89. The van der Waals surface area contributed by atoms with Crippen molar-refractivity contribution in [1.82, 2.24) is 4.98 Å². The highest BCUT2D eigenvalue weighted by molar-refractivity contribution is 7.22. The Morgan fingerprint density at radius 3 is 2.75 bits per heavy atom. The van der Waals surface area contributed by atoms with E-state index in [0.717, 1.165) is 21.2 Å². The van der Waals surface area contributed by atoms with E-state index in [0.29, 0.717) is 0 Å². The molecule has 0 amide bonds. The number of hydrogen-bond acceptors (Lipinski definition) is 4. The monoisotopic (exact) mass is 301 g/mol. The molecule has 0 saturated carbocycles. The minimum absolute atomic E-state index is 0.719. The Morgan fingerprint density at radius 1 is 1.20 bits per heavy atom. The highest BCUT2D eigenvalue weighted by Crippen LogP contribution is 2.28. The molecule has 1 aromatic heterocycles. The fourth-order valence-electron chi connectivity index (χ4n) is 1.85. The Balaban J connectivity index is 1.76. The number of nitrogens with one attached hydrogen (secondary N) is 1. The first-order valence-corrected chi connectivity index (χ1v) is 7.32. The molecule has 3 aromatic rings. The van der Waals surface area contributed by atoms with E-state index in [2.05, 4.69) is 28.5 Å². The summed E-state index contributed by atoms with van der Waals surface area (Å²) in [6, 6.07) is 13.6. The maximum atomic E-state index is 5.83. The number of rotatable bonds is 3. The topological polar surface area (TPSA) is 37.3 Å². The standard InChI is InChI=1S/C15H12ClN3S/c1-10-3-2-4-13-14(10)20-15(18-13)19-17-9-11-5-7-12(16)8-6-11/h2-9H,1H3,(H,18,19)/b17-9+. The number of anilines is 1. The number of nitrogens with zero attached hydrogens (tertiary/aromatic N) is 2. The molecule has 0 aliphatic carbocycles. The maximum Gasteiger partial charge on any atom is 0.204 e. The molecule has 0 spiro atoms. The van der Waals surface area contributed by atoms with E-state index in [1.165, 1.54) is 10.3 Å². The van der Waals surface area contributed by atoms with Gasteiger partial charge in [0, 0.05) is 5.02 Å². The lowest BCUT2D eigenvalue weighted by Gasteiger charge is -1.94. The van der Waals surface area contributed by atoms with Gasteiger partial charge >= 0.3 is 0 Å². The van der Waals surface area contributed by atoms with Crippen LogP contribution >= 0.6 is 22.9 Å². The zero-order chi connectivity index (χ0) is 13.9. The molecule has 2 aromatic carbocycles. The van der Waals surface area contributed by atoms with Crippen molar-refractivity contribution < 1.29 is 0 Å². The van der Waals surface area contributed by atoms with Crippen LogP contribution in [-0.2, 0) is 0 Å². The van der Waals surface area contributed by atoms with Crippen LogP contribution in [0.15, 0.2) is 47.6 Å². The molecule has 3 rings (SSSR count). The minimum atomic E-state index is 0.719. The van der Waals surface area contributed by atoms with Gasteiger partial charge in [0.1, 0.15) is 0 Å². The van der Waals surface area contributed by atoms with Crippen LogP contribution in [-0.4, -0.2) is 11.2 Å². The molecule has 1 N–H and O–H groups in total. The second-order valence-corrected chi connectivity index (χ2v) is 5.80. The highest BCUT2D eigenvalue weighted by Gasteiger charge is 2.04. The van der Waals surface area contributed by atoms with Crippen LogP contribution in [0.3, 0.4) is 0 Å². The summed E-state index contributed by atoms with van der Waals surface area (Å²) < 4.78 is 1.19. The van der Waals surface area contributed by atoms with Gasteiger partial charge in [-0.25, -0.2) is 4.98 Å². The van der Waals surface area contributed by atoms with Gasteiger partial charge in [-0.3, -0.25) is 5.43 Å². The van der Waals surface area contributed by atoms with Crippen LogP contribution in [0.2, 0.25) is 5.02 Å². The summed E-state index contributed by atoms with van der Waals surface area (Å²) in [4.78, 5) is 4.49. The molecule has 0 aliphatic rings. The first kappa shape index (κ1) is 13.1. The summed E-state index contributed by atoms with van der Waals surface area (Å²) in [5.74, 6) is 0. The van der Waals surface area contributed by atoms with Crippen LogP contribution < -0.4 is 5.43 Å². The number of fused-ring (bicyclic) bond motifs is 1. The molecule has 0 radical (unpaired) electrons. The molecule has 20 heavy (non-hydrogen) atoms. The normalized spacial score (nSPS) is 11.3. The summed E-state index contributed by atoms with van der Waals surface area (Å²) in [5.41, 5.74) is 6.18. The summed E-state index contributed by atoms with van der Waals surface area (Å²) in [6.45, 7) is 2.08. The Kier molecular flexibility index (Phi) is 3.67. The van der Waals surface area contributed by atoms with Crippen molar-refractivity contribution in [3.8, 4) is 0 Å². The van der Waals surface area contributed by atoms with Crippen LogP contribution in [0.5, 0.6) is 0 Å². The van der Waals surface area contributed by atoms with Crippen molar-refractivity contribution in [3.05, 3.63) is 58.6 Å². The molecule has 0 unspecified atom stereocenters. The zero-order valence-electron chi connectivity index (χ0n) is 10.8. The average molecular weight is 302 g/mol. The smallest absolute Gasteiger partial charge is 0.204 e. The van der Waals surface area contributed by atoms with Gasteiger partial charge in [-0.1, -0.05) is 47.2 Å². The van der Waals surface area contributed by atoms with Gasteiger partial charge in [0.25, 0.3) is 0 Å². The SMILES string of the molecule is Cc1cccc2nc(N/N=C/c3ccc(Cl)cc3)sc12. The number of hydrogen-bond donors (Lipinski definition) is 1. The van der Waals surface area contributed by atoms with Crippen molar-refractivity contribution in [2.75, 3.05) is 5.43 Å². The Morgan fingerprint density at radius 2 is 2.00 bits per heavy atom. The van der Waals surface area contributed by atoms with Gasteiger partial charge in [-0.05, 0) is 36.2 Å². The van der Waals surface area contributed by atoms with Crippen molar-refractivity contribution in [1.29, 1.82) is 0 Å². The molecule has 0 aliphatic heterocycles. The van der Waals surface area contributed by atoms with Gasteiger partial charge in [0.2, 0.25) is 5.13 Å². The fourth-order valence-corrected chi connectivity index (χ4v) is 2.85. The van der Waals surface area contributed by atoms with E-state index in [4.69, 9.17) is 11.6 Å². The fraction of sp³-hybridized carbons (Fsp3) is 0.0667. The van der Waals surface area contributed by atoms with Crippen molar-refractivity contribution in [3.63, 3.8) is 0 Å². The van der Waals surface area contributed by atoms with Crippen LogP contribution in [0.25, 0.3) is 10.2 Å². The third kappa shape index (κ3) is 2.81. The van der Waals surface area contributed by atoms with Gasteiger partial charge < -0.3 is 0 Å². The third-order valence-electron chi connectivity index (χ3n) is 2.86. The van der Waals surface area contributed by atoms with E-state index in [9.17, 15) is 0 Å². The van der Waals surface area contributed by atoms with Gasteiger partial charge in [0.05, 0.1) is 16.4 Å². The first-order valence-electron chi connectivity index (χ1n) is 6.13. The van der Waals surface area contributed by atoms with Crippen molar-refractivity contribution in [2.45, 2.75) is 6.92 Å². The van der Waals surface area contributed by atoms with E-state index in [1.54, 1.807) is 17.6 Å². The molecular formula is C15H12ClN3S. The molecule has 3 nitrogen and oxygen atoms in total. The van der Waals surface area contributed by atoms with Gasteiger partial charge in [-0.15, -0.1) is 0 Å². The molecular weight excluding hydrogens is 290 g/mol. The number of halogens is 1. The lowest BCUT2D eigenvalue weighted by molar-refractivity contribution is 1.31. The predicted octanol–water partition coefficient (Wildman–Crippen LogP) is 4.70. The second-order valence-electron chi connectivity index (χ2n) is 4.36. The highest BCUT2D eigenvalue weighted by atomic mass is 35.5. The number of aromatic nitrogens is 1. The third-order valence-corrected chi connectivity index (χ3v) is 4.22. The maximum absolute atomic E-state index is 5.83. The molecule has 100 valence electrons. The van der Waals surface area contributed by atoms with Crippen LogP contribution in [0.1, 0.15) is 11.1 Å².